The molecule has 1 aliphatic heterocycles. The SMILES string of the molecule is CCN1CCOC(CSCCCCl)C1. The van der Waals surface area contributed by atoms with E-state index in [2.05, 4.69) is 11.8 Å². The maximum Gasteiger partial charge on any atom is 0.0792 e. The summed E-state index contributed by atoms with van der Waals surface area (Å²) in [7, 11) is 0. The molecule has 0 saturated carbocycles. The summed E-state index contributed by atoms with van der Waals surface area (Å²) in [6.45, 7) is 6.45. The first-order valence-corrected chi connectivity index (χ1v) is 7.03. The monoisotopic (exact) mass is 237 g/mol. The van der Waals surface area contributed by atoms with Crippen LogP contribution in [0.5, 0.6) is 0 Å². The maximum absolute atomic E-state index is 5.69. The van der Waals surface area contributed by atoms with E-state index in [9.17, 15) is 0 Å². The molecule has 1 atom stereocenters. The van der Waals surface area contributed by atoms with Gasteiger partial charge in [-0.05, 0) is 18.7 Å². The van der Waals surface area contributed by atoms with Crippen molar-refractivity contribution in [2.75, 3.05) is 43.6 Å². The third-order valence-corrected chi connectivity index (χ3v) is 3.85. The van der Waals surface area contributed by atoms with Crippen LogP contribution in [-0.2, 0) is 4.74 Å². The highest BCUT2D eigenvalue weighted by Crippen LogP contribution is 2.12. The number of hydrogen-bond acceptors (Lipinski definition) is 3. The standard InChI is InChI=1S/C10H20ClNOS/c1-2-12-5-6-13-10(8-12)9-14-7-3-4-11/h10H,2-9H2,1H3. The molecule has 84 valence electrons. The molecule has 14 heavy (non-hydrogen) atoms. The first-order valence-electron chi connectivity index (χ1n) is 5.34. The van der Waals surface area contributed by atoms with Gasteiger partial charge in [0, 0.05) is 24.7 Å². The largest absolute Gasteiger partial charge is 0.375 e. The fraction of sp³-hybridized carbons (Fsp3) is 1.00. The lowest BCUT2D eigenvalue weighted by Gasteiger charge is -2.31. The van der Waals surface area contributed by atoms with E-state index < -0.39 is 0 Å². The molecule has 0 aromatic heterocycles. The van der Waals surface area contributed by atoms with Crippen LogP contribution in [0.15, 0.2) is 0 Å². The Labute approximate surface area is 96.3 Å². The summed E-state index contributed by atoms with van der Waals surface area (Å²) >= 11 is 7.58. The topological polar surface area (TPSA) is 12.5 Å². The van der Waals surface area contributed by atoms with E-state index in [1.165, 1.54) is 0 Å². The molecule has 1 heterocycles. The van der Waals surface area contributed by atoms with E-state index in [1.54, 1.807) is 0 Å². The fourth-order valence-corrected chi connectivity index (χ4v) is 2.81. The molecule has 0 aromatic rings. The molecular weight excluding hydrogens is 218 g/mol. The predicted octanol–water partition coefficient (Wildman–Crippen LogP) is 2.07. The Balaban J connectivity index is 2.05. The molecule has 1 rings (SSSR count). The number of likely N-dealkylation sites (N-methyl/N-ethyl adjacent to an activating group) is 1. The summed E-state index contributed by atoms with van der Waals surface area (Å²) in [6.07, 6.45) is 1.54. The molecule has 0 aliphatic carbocycles. The molecule has 0 bridgehead atoms. The number of thioether (sulfide) groups is 1. The van der Waals surface area contributed by atoms with Gasteiger partial charge in [-0.25, -0.2) is 0 Å². The third kappa shape index (κ3) is 4.87. The number of nitrogens with zero attached hydrogens (tertiary/aromatic N) is 1. The van der Waals surface area contributed by atoms with Gasteiger partial charge >= 0.3 is 0 Å². The predicted molar refractivity (Wildman–Crippen MR) is 64.5 cm³/mol. The molecule has 1 unspecified atom stereocenters. The van der Waals surface area contributed by atoms with Gasteiger partial charge in [-0.3, -0.25) is 4.90 Å². The minimum absolute atomic E-state index is 0.434. The summed E-state index contributed by atoms with van der Waals surface area (Å²) in [5.74, 6) is 3.06. The smallest absolute Gasteiger partial charge is 0.0792 e. The number of morpholine rings is 1. The normalized spacial score (nSPS) is 24.0. The van der Waals surface area contributed by atoms with Gasteiger partial charge < -0.3 is 4.74 Å². The molecule has 0 amide bonds. The molecule has 0 aromatic carbocycles. The zero-order valence-electron chi connectivity index (χ0n) is 8.88. The van der Waals surface area contributed by atoms with Crippen molar-refractivity contribution in [3.05, 3.63) is 0 Å². The van der Waals surface area contributed by atoms with Crippen molar-refractivity contribution in [2.45, 2.75) is 19.4 Å². The van der Waals surface area contributed by atoms with Crippen LogP contribution in [0.25, 0.3) is 0 Å². The average Bonchev–Trinajstić information content (AvgIpc) is 2.25. The van der Waals surface area contributed by atoms with Gasteiger partial charge in [0.2, 0.25) is 0 Å². The van der Waals surface area contributed by atoms with E-state index in [1.807, 2.05) is 11.8 Å². The Morgan fingerprint density at radius 1 is 1.57 bits per heavy atom. The number of rotatable bonds is 6. The van der Waals surface area contributed by atoms with Crippen LogP contribution in [0.1, 0.15) is 13.3 Å². The Morgan fingerprint density at radius 3 is 3.14 bits per heavy atom. The summed E-state index contributed by atoms with van der Waals surface area (Å²) in [5, 5.41) is 0. The van der Waals surface area contributed by atoms with Crippen LogP contribution in [0.3, 0.4) is 0 Å². The second-order valence-corrected chi connectivity index (χ2v) is 5.03. The van der Waals surface area contributed by atoms with Gasteiger partial charge in [0.1, 0.15) is 0 Å². The van der Waals surface area contributed by atoms with E-state index >= 15 is 0 Å². The van der Waals surface area contributed by atoms with Gasteiger partial charge in [0.25, 0.3) is 0 Å². The third-order valence-electron chi connectivity index (χ3n) is 2.40. The Bertz CT molecular complexity index is 148. The van der Waals surface area contributed by atoms with Gasteiger partial charge in [0.15, 0.2) is 0 Å². The summed E-state index contributed by atoms with van der Waals surface area (Å²) in [6, 6.07) is 0. The summed E-state index contributed by atoms with van der Waals surface area (Å²) in [5.41, 5.74) is 0. The second-order valence-electron chi connectivity index (χ2n) is 3.50. The zero-order chi connectivity index (χ0) is 10.2. The lowest BCUT2D eigenvalue weighted by molar-refractivity contribution is -0.0137. The van der Waals surface area contributed by atoms with E-state index in [-0.39, 0.29) is 0 Å². The molecule has 0 N–H and O–H groups in total. The van der Waals surface area contributed by atoms with Gasteiger partial charge in [0.05, 0.1) is 12.7 Å². The first-order chi connectivity index (χ1) is 6.86. The number of alkyl halides is 1. The number of halogens is 1. The molecule has 1 aliphatic rings. The van der Waals surface area contributed by atoms with Crippen LogP contribution < -0.4 is 0 Å². The van der Waals surface area contributed by atoms with Crippen molar-refractivity contribution in [1.82, 2.24) is 4.90 Å². The molecule has 2 nitrogen and oxygen atoms in total. The van der Waals surface area contributed by atoms with Crippen LogP contribution in [-0.4, -0.2) is 54.6 Å². The lowest BCUT2D eigenvalue weighted by atomic mass is 10.3. The summed E-state index contributed by atoms with van der Waals surface area (Å²) < 4.78 is 5.69. The summed E-state index contributed by atoms with van der Waals surface area (Å²) in [4.78, 5) is 2.45. The second kappa shape index (κ2) is 7.80. The Kier molecular flexibility index (Phi) is 7.04. The lowest BCUT2D eigenvalue weighted by Crippen LogP contribution is -2.43. The quantitative estimate of drug-likeness (QED) is 0.519. The molecule has 0 radical (unpaired) electrons. The van der Waals surface area contributed by atoms with Crippen molar-refractivity contribution in [1.29, 1.82) is 0 Å². The highest BCUT2D eigenvalue weighted by molar-refractivity contribution is 7.99. The van der Waals surface area contributed by atoms with E-state index in [0.717, 1.165) is 50.0 Å². The van der Waals surface area contributed by atoms with Crippen molar-refractivity contribution in [2.24, 2.45) is 0 Å². The minimum atomic E-state index is 0.434. The molecule has 4 heteroatoms. The van der Waals surface area contributed by atoms with Gasteiger partial charge in [-0.1, -0.05) is 6.92 Å². The van der Waals surface area contributed by atoms with Crippen LogP contribution >= 0.6 is 23.4 Å². The molecule has 1 fully saturated rings. The number of hydrogen-bond donors (Lipinski definition) is 0. The molecule has 1 saturated heterocycles. The average molecular weight is 238 g/mol. The van der Waals surface area contributed by atoms with Gasteiger partial charge in [-0.2, -0.15) is 11.8 Å². The van der Waals surface area contributed by atoms with Gasteiger partial charge in [-0.15, -0.1) is 11.6 Å². The van der Waals surface area contributed by atoms with E-state index in [4.69, 9.17) is 16.3 Å². The highest BCUT2D eigenvalue weighted by atomic mass is 35.5. The maximum atomic E-state index is 5.69. The number of ether oxygens (including phenoxy) is 1. The first kappa shape index (κ1) is 12.6. The van der Waals surface area contributed by atoms with Crippen molar-refractivity contribution in [3.63, 3.8) is 0 Å². The fourth-order valence-electron chi connectivity index (χ4n) is 1.54. The van der Waals surface area contributed by atoms with Crippen molar-refractivity contribution in [3.8, 4) is 0 Å². The van der Waals surface area contributed by atoms with E-state index in [0.29, 0.717) is 6.10 Å². The van der Waals surface area contributed by atoms with Crippen LogP contribution in [0.2, 0.25) is 0 Å². The highest BCUT2D eigenvalue weighted by Gasteiger charge is 2.18. The van der Waals surface area contributed by atoms with Crippen LogP contribution in [0, 0.1) is 0 Å². The molecular formula is C10H20ClNOS. The van der Waals surface area contributed by atoms with Crippen molar-refractivity contribution >= 4 is 23.4 Å². The van der Waals surface area contributed by atoms with Crippen LogP contribution in [0.4, 0.5) is 0 Å². The molecule has 0 spiro atoms. The zero-order valence-corrected chi connectivity index (χ0v) is 10.4. The minimum Gasteiger partial charge on any atom is -0.375 e. The Morgan fingerprint density at radius 2 is 2.43 bits per heavy atom. The van der Waals surface area contributed by atoms with Crippen molar-refractivity contribution < 1.29 is 4.74 Å². The Hall–Kier alpha value is 0.560.